The Morgan fingerprint density at radius 1 is 1.21 bits per heavy atom. The molecule has 2 aromatic carbocycles. The van der Waals surface area contributed by atoms with Crippen LogP contribution in [0.25, 0.3) is 0 Å². The summed E-state index contributed by atoms with van der Waals surface area (Å²) in [6.45, 7) is 0. The van der Waals surface area contributed by atoms with E-state index in [1.807, 2.05) is 24.3 Å². The molecule has 0 fully saturated rings. The molecule has 19 heavy (non-hydrogen) atoms. The number of methoxy groups -OCH3 is 1. The summed E-state index contributed by atoms with van der Waals surface area (Å²) in [5, 5.41) is 0.0997. The number of rotatable bonds is 4. The van der Waals surface area contributed by atoms with Crippen LogP contribution in [-0.2, 0) is 6.42 Å². The summed E-state index contributed by atoms with van der Waals surface area (Å²) in [6, 6.07) is 12.0. The molecule has 2 rings (SSSR count). The maximum Gasteiger partial charge on any atom is 0.146 e. The van der Waals surface area contributed by atoms with E-state index in [0.29, 0.717) is 12.0 Å². The zero-order valence-electron chi connectivity index (χ0n) is 10.6. The van der Waals surface area contributed by atoms with Crippen molar-refractivity contribution in [3.05, 3.63) is 64.4 Å². The number of nitrogens with two attached hydrogens (primary N) is 1. The highest BCUT2D eigenvalue weighted by Crippen LogP contribution is 2.24. The van der Waals surface area contributed by atoms with Crippen molar-refractivity contribution in [2.24, 2.45) is 5.73 Å². The van der Waals surface area contributed by atoms with Gasteiger partial charge in [-0.3, -0.25) is 0 Å². The Labute approximate surface area is 117 Å². The predicted molar refractivity (Wildman–Crippen MR) is 75.0 cm³/mol. The maximum atomic E-state index is 13.8. The fourth-order valence-electron chi connectivity index (χ4n) is 1.93. The lowest BCUT2D eigenvalue weighted by Gasteiger charge is -2.14. The minimum absolute atomic E-state index is 0.0997. The van der Waals surface area contributed by atoms with E-state index in [1.54, 1.807) is 19.2 Å². The van der Waals surface area contributed by atoms with Gasteiger partial charge in [-0.25, -0.2) is 4.39 Å². The molecule has 0 amide bonds. The fraction of sp³-hybridized carbons (Fsp3) is 0.200. The zero-order valence-corrected chi connectivity index (χ0v) is 11.3. The monoisotopic (exact) mass is 279 g/mol. The Hall–Kier alpha value is -1.58. The zero-order chi connectivity index (χ0) is 13.8. The van der Waals surface area contributed by atoms with Gasteiger partial charge in [0.2, 0.25) is 0 Å². The molecule has 0 saturated heterocycles. The fourth-order valence-corrected chi connectivity index (χ4v) is 2.11. The van der Waals surface area contributed by atoms with Crippen LogP contribution in [0.3, 0.4) is 0 Å². The quantitative estimate of drug-likeness (QED) is 0.925. The molecule has 100 valence electrons. The molecule has 0 saturated carbocycles. The highest BCUT2D eigenvalue weighted by Gasteiger charge is 2.14. The van der Waals surface area contributed by atoms with E-state index in [0.717, 1.165) is 11.3 Å². The molecule has 0 spiro atoms. The van der Waals surface area contributed by atoms with Crippen molar-refractivity contribution in [2.75, 3.05) is 7.11 Å². The van der Waals surface area contributed by atoms with Crippen LogP contribution in [-0.4, -0.2) is 7.11 Å². The van der Waals surface area contributed by atoms with Crippen molar-refractivity contribution in [3.8, 4) is 5.75 Å². The average Bonchev–Trinajstić information content (AvgIpc) is 2.42. The van der Waals surface area contributed by atoms with Crippen molar-refractivity contribution in [2.45, 2.75) is 12.5 Å². The Kier molecular flexibility index (Phi) is 4.40. The second-order valence-electron chi connectivity index (χ2n) is 4.30. The molecule has 1 unspecified atom stereocenters. The standard InChI is InChI=1S/C15H15ClFNO/c1-19-11-7-5-10(6-8-11)9-14(18)12-3-2-4-13(16)15(12)17/h2-8,14H,9,18H2,1H3. The lowest BCUT2D eigenvalue weighted by molar-refractivity contribution is 0.414. The van der Waals surface area contributed by atoms with Crippen LogP contribution in [0, 0.1) is 5.82 Å². The summed E-state index contributed by atoms with van der Waals surface area (Å²) in [7, 11) is 1.61. The van der Waals surface area contributed by atoms with Crippen LogP contribution < -0.4 is 10.5 Å². The smallest absolute Gasteiger partial charge is 0.146 e. The van der Waals surface area contributed by atoms with E-state index in [2.05, 4.69) is 0 Å². The van der Waals surface area contributed by atoms with Gasteiger partial charge in [-0.2, -0.15) is 0 Å². The second kappa shape index (κ2) is 6.04. The number of hydrogen-bond acceptors (Lipinski definition) is 2. The van der Waals surface area contributed by atoms with Gasteiger partial charge in [0.1, 0.15) is 11.6 Å². The van der Waals surface area contributed by atoms with Crippen molar-refractivity contribution in [1.29, 1.82) is 0 Å². The third-order valence-electron chi connectivity index (χ3n) is 3.00. The maximum absolute atomic E-state index is 13.8. The normalized spacial score (nSPS) is 12.2. The van der Waals surface area contributed by atoms with Gasteiger partial charge in [0.25, 0.3) is 0 Å². The second-order valence-corrected chi connectivity index (χ2v) is 4.71. The minimum Gasteiger partial charge on any atom is -0.497 e. The van der Waals surface area contributed by atoms with Gasteiger partial charge in [0.05, 0.1) is 12.1 Å². The van der Waals surface area contributed by atoms with Crippen LogP contribution in [0.5, 0.6) is 5.75 Å². The first-order chi connectivity index (χ1) is 9.11. The first-order valence-corrected chi connectivity index (χ1v) is 6.32. The third kappa shape index (κ3) is 3.25. The van der Waals surface area contributed by atoms with Crippen LogP contribution >= 0.6 is 11.6 Å². The van der Waals surface area contributed by atoms with Gasteiger partial charge in [-0.15, -0.1) is 0 Å². The topological polar surface area (TPSA) is 35.2 Å². The van der Waals surface area contributed by atoms with Crippen LogP contribution in [0.1, 0.15) is 17.2 Å². The van der Waals surface area contributed by atoms with Crippen molar-refractivity contribution in [1.82, 2.24) is 0 Å². The third-order valence-corrected chi connectivity index (χ3v) is 3.29. The molecule has 4 heteroatoms. The van der Waals surface area contributed by atoms with E-state index in [-0.39, 0.29) is 5.02 Å². The molecule has 2 nitrogen and oxygen atoms in total. The summed E-state index contributed by atoms with van der Waals surface area (Å²) in [5.41, 5.74) is 7.49. The molecule has 0 aromatic heterocycles. The van der Waals surface area contributed by atoms with E-state index < -0.39 is 11.9 Å². The van der Waals surface area contributed by atoms with Crippen LogP contribution in [0.4, 0.5) is 4.39 Å². The molecule has 2 aromatic rings. The Morgan fingerprint density at radius 2 is 1.89 bits per heavy atom. The summed E-state index contributed by atoms with van der Waals surface area (Å²) in [6.07, 6.45) is 0.543. The number of ether oxygens (including phenoxy) is 1. The van der Waals surface area contributed by atoms with Crippen molar-refractivity contribution < 1.29 is 9.13 Å². The lowest BCUT2D eigenvalue weighted by atomic mass is 9.99. The Balaban J connectivity index is 2.15. The molecule has 0 heterocycles. The van der Waals surface area contributed by atoms with Crippen LogP contribution in [0.15, 0.2) is 42.5 Å². The van der Waals surface area contributed by atoms with Gasteiger partial charge < -0.3 is 10.5 Å². The van der Waals surface area contributed by atoms with Gasteiger partial charge in [0, 0.05) is 11.6 Å². The molecule has 0 aliphatic heterocycles. The van der Waals surface area contributed by atoms with Crippen LogP contribution in [0.2, 0.25) is 5.02 Å². The van der Waals surface area contributed by atoms with Gasteiger partial charge in [-0.1, -0.05) is 35.9 Å². The number of benzene rings is 2. The van der Waals surface area contributed by atoms with E-state index in [4.69, 9.17) is 22.1 Å². The van der Waals surface area contributed by atoms with E-state index in [1.165, 1.54) is 6.07 Å². The van der Waals surface area contributed by atoms with E-state index >= 15 is 0 Å². The van der Waals surface area contributed by atoms with Crippen molar-refractivity contribution in [3.63, 3.8) is 0 Å². The molecule has 0 aliphatic carbocycles. The molecule has 0 aliphatic rings. The summed E-state index contributed by atoms with van der Waals surface area (Å²) in [5.74, 6) is 0.344. The molecular formula is C15H15ClFNO. The molecule has 0 bridgehead atoms. The molecule has 0 radical (unpaired) electrons. The first-order valence-electron chi connectivity index (χ1n) is 5.94. The summed E-state index contributed by atoms with van der Waals surface area (Å²) >= 11 is 5.75. The first kappa shape index (κ1) is 13.8. The Bertz CT molecular complexity index is 557. The molecular weight excluding hydrogens is 265 g/mol. The molecule has 2 N–H and O–H groups in total. The Morgan fingerprint density at radius 3 is 2.53 bits per heavy atom. The van der Waals surface area contributed by atoms with E-state index in [9.17, 15) is 4.39 Å². The van der Waals surface area contributed by atoms with Gasteiger partial charge in [-0.05, 0) is 30.2 Å². The SMILES string of the molecule is COc1ccc(CC(N)c2cccc(Cl)c2F)cc1. The van der Waals surface area contributed by atoms with Gasteiger partial charge in [0.15, 0.2) is 0 Å². The van der Waals surface area contributed by atoms with Crippen molar-refractivity contribution >= 4 is 11.6 Å². The number of hydrogen-bond donors (Lipinski definition) is 1. The largest absolute Gasteiger partial charge is 0.497 e. The number of halogens is 2. The van der Waals surface area contributed by atoms with Gasteiger partial charge >= 0.3 is 0 Å². The highest BCUT2D eigenvalue weighted by molar-refractivity contribution is 6.30. The average molecular weight is 280 g/mol. The summed E-state index contributed by atoms with van der Waals surface area (Å²) < 4.78 is 18.9. The lowest BCUT2D eigenvalue weighted by Crippen LogP contribution is -2.15. The predicted octanol–water partition coefficient (Wildman–Crippen LogP) is 3.73. The highest BCUT2D eigenvalue weighted by atomic mass is 35.5. The minimum atomic E-state index is -0.440. The summed E-state index contributed by atoms with van der Waals surface area (Å²) in [4.78, 5) is 0. The molecule has 1 atom stereocenters.